The Morgan fingerprint density at radius 2 is 2.36 bits per heavy atom. The molecule has 3 nitrogen and oxygen atoms in total. The average Bonchev–Trinajstić information content (AvgIpc) is 2.07. The molecule has 1 rings (SSSR count). The topological polar surface area (TPSA) is 35.5 Å². The zero-order valence-corrected chi connectivity index (χ0v) is 6.84. The molecule has 1 saturated heterocycles. The first-order chi connectivity index (χ1) is 5.33. The fourth-order valence-electron chi connectivity index (χ4n) is 1.28. The molecule has 3 heteroatoms. The molecule has 1 heterocycles. The van der Waals surface area contributed by atoms with Gasteiger partial charge in [0, 0.05) is 0 Å². The predicted octanol–water partition coefficient (Wildman–Crippen LogP) is 0.771. The van der Waals surface area contributed by atoms with Crippen molar-refractivity contribution in [3.05, 3.63) is 0 Å². The van der Waals surface area contributed by atoms with E-state index in [1.807, 2.05) is 6.92 Å². The summed E-state index contributed by atoms with van der Waals surface area (Å²) in [7, 11) is 0. The van der Waals surface area contributed by atoms with Crippen LogP contribution in [-0.2, 0) is 14.3 Å². The van der Waals surface area contributed by atoms with E-state index in [2.05, 4.69) is 0 Å². The van der Waals surface area contributed by atoms with Crippen LogP contribution in [0.25, 0.3) is 0 Å². The molecular weight excluding hydrogens is 144 g/mol. The lowest BCUT2D eigenvalue weighted by Crippen LogP contribution is -2.44. The van der Waals surface area contributed by atoms with Gasteiger partial charge in [-0.3, -0.25) is 0 Å². The lowest BCUT2D eigenvalue weighted by atomic mass is 10.0. The van der Waals surface area contributed by atoms with Gasteiger partial charge >= 0.3 is 0 Å². The Morgan fingerprint density at radius 3 is 2.82 bits per heavy atom. The SMILES string of the molecule is CCCC1(C=O)COCCO1. The van der Waals surface area contributed by atoms with Crippen LogP contribution in [0.1, 0.15) is 19.8 Å². The molecule has 64 valence electrons. The van der Waals surface area contributed by atoms with Crippen LogP contribution in [0, 0.1) is 0 Å². The Labute approximate surface area is 66.7 Å². The Kier molecular flexibility index (Phi) is 3.02. The van der Waals surface area contributed by atoms with Crippen molar-refractivity contribution < 1.29 is 14.3 Å². The Bertz CT molecular complexity index is 122. The van der Waals surface area contributed by atoms with Gasteiger partial charge in [0.2, 0.25) is 0 Å². The highest BCUT2D eigenvalue weighted by Crippen LogP contribution is 2.19. The maximum absolute atomic E-state index is 10.7. The summed E-state index contributed by atoms with van der Waals surface area (Å²) in [6, 6.07) is 0. The Hall–Kier alpha value is -0.410. The molecule has 0 radical (unpaired) electrons. The van der Waals surface area contributed by atoms with E-state index in [9.17, 15) is 4.79 Å². The second kappa shape index (κ2) is 3.83. The zero-order chi connectivity index (χ0) is 8.16. The third kappa shape index (κ3) is 2.01. The Balaban J connectivity index is 2.49. The van der Waals surface area contributed by atoms with E-state index in [-0.39, 0.29) is 0 Å². The number of ether oxygens (including phenoxy) is 2. The van der Waals surface area contributed by atoms with Crippen molar-refractivity contribution in [1.82, 2.24) is 0 Å². The molecule has 0 aliphatic carbocycles. The summed E-state index contributed by atoms with van der Waals surface area (Å²) in [6.45, 7) is 3.60. The third-order valence-corrected chi connectivity index (χ3v) is 1.85. The first kappa shape index (κ1) is 8.68. The van der Waals surface area contributed by atoms with Crippen molar-refractivity contribution in [3.63, 3.8) is 0 Å². The molecule has 1 atom stereocenters. The molecule has 0 N–H and O–H groups in total. The molecular formula is C8H14O3. The van der Waals surface area contributed by atoms with Crippen LogP contribution in [-0.4, -0.2) is 31.7 Å². The first-order valence-corrected chi connectivity index (χ1v) is 4.01. The van der Waals surface area contributed by atoms with Crippen molar-refractivity contribution in [2.24, 2.45) is 0 Å². The molecule has 0 amide bonds. The summed E-state index contributed by atoms with van der Waals surface area (Å²) in [5, 5.41) is 0. The van der Waals surface area contributed by atoms with Crippen LogP contribution < -0.4 is 0 Å². The first-order valence-electron chi connectivity index (χ1n) is 4.01. The van der Waals surface area contributed by atoms with E-state index in [4.69, 9.17) is 9.47 Å². The van der Waals surface area contributed by atoms with Crippen LogP contribution in [0.2, 0.25) is 0 Å². The van der Waals surface area contributed by atoms with E-state index in [0.29, 0.717) is 19.8 Å². The summed E-state index contributed by atoms with van der Waals surface area (Å²) < 4.78 is 10.5. The summed E-state index contributed by atoms with van der Waals surface area (Å²) in [5.41, 5.74) is -0.632. The third-order valence-electron chi connectivity index (χ3n) is 1.85. The van der Waals surface area contributed by atoms with Gasteiger partial charge in [-0.1, -0.05) is 13.3 Å². The number of aldehydes is 1. The highest BCUT2D eigenvalue weighted by molar-refractivity contribution is 5.62. The number of rotatable bonds is 3. The summed E-state index contributed by atoms with van der Waals surface area (Å²) in [6.07, 6.45) is 2.58. The summed E-state index contributed by atoms with van der Waals surface area (Å²) >= 11 is 0. The Morgan fingerprint density at radius 1 is 1.55 bits per heavy atom. The van der Waals surface area contributed by atoms with Crippen molar-refractivity contribution >= 4 is 6.29 Å². The fourth-order valence-corrected chi connectivity index (χ4v) is 1.28. The second-order valence-electron chi connectivity index (χ2n) is 2.83. The highest BCUT2D eigenvalue weighted by atomic mass is 16.6. The molecule has 11 heavy (non-hydrogen) atoms. The van der Waals surface area contributed by atoms with Gasteiger partial charge in [0.05, 0.1) is 19.8 Å². The van der Waals surface area contributed by atoms with E-state index < -0.39 is 5.60 Å². The zero-order valence-electron chi connectivity index (χ0n) is 6.84. The molecule has 1 unspecified atom stereocenters. The van der Waals surface area contributed by atoms with E-state index in [1.165, 1.54) is 0 Å². The predicted molar refractivity (Wildman–Crippen MR) is 40.5 cm³/mol. The standard InChI is InChI=1S/C8H14O3/c1-2-3-8(6-9)7-10-4-5-11-8/h6H,2-5,7H2,1H3. The monoisotopic (exact) mass is 158 g/mol. The van der Waals surface area contributed by atoms with Gasteiger partial charge in [0.1, 0.15) is 5.60 Å². The minimum Gasteiger partial charge on any atom is -0.376 e. The molecule has 0 spiro atoms. The van der Waals surface area contributed by atoms with Gasteiger partial charge in [-0.25, -0.2) is 0 Å². The van der Waals surface area contributed by atoms with E-state index >= 15 is 0 Å². The molecule has 0 aromatic rings. The van der Waals surface area contributed by atoms with Crippen molar-refractivity contribution in [3.8, 4) is 0 Å². The van der Waals surface area contributed by atoms with Crippen LogP contribution in [0.4, 0.5) is 0 Å². The van der Waals surface area contributed by atoms with E-state index in [0.717, 1.165) is 19.1 Å². The number of carbonyl (C=O) groups excluding carboxylic acids is 1. The lowest BCUT2D eigenvalue weighted by Gasteiger charge is -2.31. The molecule has 1 aliphatic rings. The quantitative estimate of drug-likeness (QED) is 0.569. The van der Waals surface area contributed by atoms with Gasteiger partial charge in [0.15, 0.2) is 6.29 Å². The van der Waals surface area contributed by atoms with Gasteiger partial charge in [-0.15, -0.1) is 0 Å². The van der Waals surface area contributed by atoms with Gasteiger partial charge in [-0.2, -0.15) is 0 Å². The molecule has 1 aliphatic heterocycles. The number of carbonyl (C=O) groups is 1. The van der Waals surface area contributed by atoms with Gasteiger partial charge < -0.3 is 14.3 Å². The minimum absolute atomic E-state index is 0.421. The molecule has 0 bridgehead atoms. The maximum Gasteiger partial charge on any atom is 0.154 e. The summed E-state index contributed by atoms with van der Waals surface area (Å²) in [5.74, 6) is 0. The molecule has 0 aromatic carbocycles. The lowest BCUT2D eigenvalue weighted by molar-refractivity contribution is -0.166. The van der Waals surface area contributed by atoms with Gasteiger partial charge in [0.25, 0.3) is 0 Å². The van der Waals surface area contributed by atoms with Crippen LogP contribution in [0.5, 0.6) is 0 Å². The molecule has 0 saturated carbocycles. The minimum atomic E-state index is -0.632. The highest BCUT2D eigenvalue weighted by Gasteiger charge is 2.32. The maximum atomic E-state index is 10.7. The second-order valence-corrected chi connectivity index (χ2v) is 2.83. The molecule has 0 aromatic heterocycles. The van der Waals surface area contributed by atoms with Gasteiger partial charge in [-0.05, 0) is 6.42 Å². The van der Waals surface area contributed by atoms with Crippen molar-refractivity contribution in [2.75, 3.05) is 19.8 Å². The normalized spacial score (nSPS) is 31.7. The molecule has 1 fully saturated rings. The van der Waals surface area contributed by atoms with Crippen molar-refractivity contribution in [2.45, 2.75) is 25.4 Å². The average molecular weight is 158 g/mol. The fraction of sp³-hybridized carbons (Fsp3) is 0.875. The van der Waals surface area contributed by atoms with Crippen molar-refractivity contribution in [1.29, 1.82) is 0 Å². The number of hydrogen-bond donors (Lipinski definition) is 0. The van der Waals surface area contributed by atoms with Crippen LogP contribution in [0.15, 0.2) is 0 Å². The number of hydrogen-bond acceptors (Lipinski definition) is 3. The largest absolute Gasteiger partial charge is 0.376 e. The van der Waals surface area contributed by atoms with E-state index in [1.54, 1.807) is 0 Å². The summed E-state index contributed by atoms with van der Waals surface area (Å²) in [4.78, 5) is 10.7. The van der Waals surface area contributed by atoms with Crippen LogP contribution >= 0.6 is 0 Å². The smallest absolute Gasteiger partial charge is 0.154 e. The van der Waals surface area contributed by atoms with Crippen LogP contribution in [0.3, 0.4) is 0 Å².